The van der Waals surface area contributed by atoms with Crippen molar-refractivity contribution in [1.82, 2.24) is 0 Å². The van der Waals surface area contributed by atoms with Gasteiger partial charge in [0.25, 0.3) is 0 Å². The fourth-order valence-electron chi connectivity index (χ4n) is 4.72. The smallest absolute Gasteiger partial charge is 0.313 e. The summed E-state index contributed by atoms with van der Waals surface area (Å²) in [7, 11) is 1.42. The molecule has 3 aromatic carbocycles. The van der Waals surface area contributed by atoms with Crippen molar-refractivity contribution in [1.29, 1.82) is 0 Å². The molecule has 0 N–H and O–H groups in total. The van der Waals surface area contributed by atoms with E-state index in [1.807, 2.05) is 107 Å². The van der Waals surface area contributed by atoms with Gasteiger partial charge in [-0.25, -0.2) is 0 Å². The molecule has 1 aliphatic rings. The lowest BCUT2D eigenvalue weighted by Crippen LogP contribution is -2.30. The van der Waals surface area contributed by atoms with Gasteiger partial charge in [-0.05, 0) is 122 Å². The molecule has 0 saturated carbocycles. The van der Waals surface area contributed by atoms with Crippen LogP contribution in [0.1, 0.15) is 141 Å². The SMILES string of the molecule is CCC(C)(C)C(=O)OC.CCC(C)(C)C(=O)OCC1CO1.CCC(C)(C)C(=O)OCc1c2ccccc2cc2ccccc12.CCCCOC(C)OC(=O)C(C)(C)CC. The Labute approximate surface area is 355 Å². The van der Waals surface area contributed by atoms with E-state index in [4.69, 9.17) is 23.7 Å². The van der Waals surface area contributed by atoms with E-state index in [0.29, 0.717) is 19.8 Å². The molecule has 0 bridgehead atoms. The van der Waals surface area contributed by atoms with E-state index in [1.165, 1.54) is 17.9 Å². The minimum Gasteiger partial charge on any atom is -0.469 e. The third kappa shape index (κ3) is 18.0. The summed E-state index contributed by atoms with van der Waals surface area (Å²) in [6, 6.07) is 18.7. The lowest BCUT2D eigenvalue weighted by atomic mass is 9.90. The van der Waals surface area contributed by atoms with Gasteiger partial charge in [0.2, 0.25) is 0 Å². The molecule has 3 aromatic rings. The van der Waals surface area contributed by atoms with Crippen LogP contribution in [0.4, 0.5) is 0 Å². The molecule has 1 aliphatic heterocycles. The lowest BCUT2D eigenvalue weighted by molar-refractivity contribution is -0.185. The van der Waals surface area contributed by atoms with E-state index in [-0.39, 0.29) is 40.8 Å². The summed E-state index contributed by atoms with van der Waals surface area (Å²) in [6.45, 7) is 29.1. The molecular weight excluding hydrogens is 749 g/mol. The van der Waals surface area contributed by atoms with E-state index in [2.05, 4.69) is 42.0 Å². The van der Waals surface area contributed by atoms with Gasteiger partial charge in [-0.2, -0.15) is 0 Å². The van der Waals surface area contributed by atoms with Crippen LogP contribution >= 0.6 is 0 Å². The molecular formula is C49H76O10. The number of fused-ring (bicyclic) bond motifs is 2. The molecule has 4 rings (SSSR count). The number of esters is 4. The van der Waals surface area contributed by atoms with E-state index in [0.717, 1.165) is 61.5 Å². The van der Waals surface area contributed by atoms with Crippen molar-refractivity contribution in [2.75, 3.05) is 26.9 Å². The molecule has 0 spiro atoms. The van der Waals surface area contributed by atoms with Gasteiger partial charge in [-0.15, -0.1) is 0 Å². The zero-order valence-electron chi connectivity index (χ0n) is 39.0. The first-order valence-electron chi connectivity index (χ1n) is 21.3. The van der Waals surface area contributed by atoms with Crippen LogP contribution in [-0.2, 0) is 54.2 Å². The number of hydrogen-bond donors (Lipinski definition) is 0. The predicted molar refractivity (Wildman–Crippen MR) is 237 cm³/mol. The van der Waals surface area contributed by atoms with Crippen molar-refractivity contribution in [3.63, 3.8) is 0 Å². The summed E-state index contributed by atoms with van der Waals surface area (Å²) in [5, 5.41) is 4.64. The number of benzene rings is 3. The Hall–Kier alpha value is -4.02. The maximum atomic E-state index is 12.3. The number of methoxy groups -OCH3 is 1. The van der Waals surface area contributed by atoms with E-state index < -0.39 is 17.1 Å². The number of ether oxygens (including phenoxy) is 6. The zero-order chi connectivity index (χ0) is 45.0. The fourth-order valence-corrected chi connectivity index (χ4v) is 4.72. The van der Waals surface area contributed by atoms with Crippen LogP contribution in [0.15, 0.2) is 54.6 Å². The summed E-state index contributed by atoms with van der Waals surface area (Å²) < 4.78 is 30.8. The first-order chi connectivity index (χ1) is 27.6. The third-order valence-corrected chi connectivity index (χ3v) is 11.1. The molecule has 2 unspecified atom stereocenters. The highest BCUT2D eigenvalue weighted by molar-refractivity contribution is 6.02. The summed E-state index contributed by atoms with van der Waals surface area (Å²) in [5.41, 5.74) is -0.439. The first-order valence-corrected chi connectivity index (χ1v) is 21.3. The molecule has 10 heteroatoms. The molecule has 0 radical (unpaired) electrons. The quantitative estimate of drug-likeness (QED) is 0.0324. The van der Waals surface area contributed by atoms with E-state index in [9.17, 15) is 19.2 Å². The number of epoxide rings is 1. The summed E-state index contributed by atoms with van der Waals surface area (Å²) >= 11 is 0. The molecule has 1 fully saturated rings. The summed E-state index contributed by atoms with van der Waals surface area (Å²) in [5.74, 6) is -0.587. The Kier molecular flexibility index (Phi) is 22.4. The highest BCUT2D eigenvalue weighted by Crippen LogP contribution is 2.31. The molecule has 1 saturated heterocycles. The van der Waals surface area contributed by atoms with Gasteiger partial charge < -0.3 is 28.4 Å². The second-order valence-electron chi connectivity index (χ2n) is 17.6. The van der Waals surface area contributed by atoms with Gasteiger partial charge in [0.05, 0.1) is 42.0 Å². The number of hydrogen-bond acceptors (Lipinski definition) is 10. The minimum absolute atomic E-state index is 0.125. The second kappa shape index (κ2) is 24.9. The Morgan fingerprint density at radius 1 is 0.661 bits per heavy atom. The van der Waals surface area contributed by atoms with Crippen LogP contribution in [0.2, 0.25) is 0 Å². The highest BCUT2D eigenvalue weighted by atomic mass is 16.7. The van der Waals surface area contributed by atoms with Crippen molar-refractivity contribution in [2.24, 2.45) is 21.7 Å². The Bertz CT molecular complexity index is 1700. The van der Waals surface area contributed by atoms with Gasteiger partial charge in [0, 0.05) is 5.56 Å². The largest absolute Gasteiger partial charge is 0.469 e. The monoisotopic (exact) mass is 825 g/mol. The fraction of sp³-hybridized carbons (Fsp3) is 0.633. The molecule has 1 heterocycles. The van der Waals surface area contributed by atoms with Crippen molar-refractivity contribution in [2.45, 2.75) is 154 Å². The molecule has 332 valence electrons. The minimum atomic E-state index is -0.444. The van der Waals surface area contributed by atoms with Crippen molar-refractivity contribution >= 4 is 45.4 Å². The molecule has 2 atom stereocenters. The molecule has 59 heavy (non-hydrogen) atoms. The molecule has 10 nitrogen and oxygen atoms in total. The van der Waals surface area contributed by atoms with Crippen molar-refractivity contribution < 1.29 is 47.6 Å². The van der Waals surface area contributed by atoms with Gasteiger partial charge in [0.1, 0.15) is 19.3 Å². The predicted octanol–water partition coefficient (Wildman–Crippen LogP) is 11.6. The standard InChI is InChI=1S/C21H22O2.C12H24O3.C9H16O3.C7H14O2/c1-4-21(2,3)20(22)23-14-19-17-11-7-5-9-15(17)13-16-10-6-8-12-18(16)19;1-6-8-9-14-10(3)15-11(13)12(4,5)7-2;1-4-9(2,3)8(10)12-6-7-5-11-7;1-5-7(2,3)6(8)9-4/h5-13H,4,14H2,1-3H3;10H,6-9H2,1-5H3;7H,4-6H2,1-3H3;5H2,1-4H3. The summed E-state index contributed by atoms with van der Waals surface area (Å²) in [4.78, 5) is 46.1. The van der Waals surface area contributed by atoms with Crippen LogP contribution in [0, 0.1) is 21.7 Å². The van der Waals surface area contributed by atoms with E-state index in [1.54, 1.807) is 6.92 Å². The van der Waals surface area contributed by atoms with Crippen molar-refractivity contribution in [3.05, 3.63) is 60.2 Å². The Morgan fingerprint density at radius 3 is 1.49 bits per heavy atom. The third-order valence-electron chi connectivity index (χ3n) is 11.1. The topological polar surface area (TPSA) is 127 Å². The van der Waals surface area contributed by atoms with Crippen LogP contribution in [0.25, 0.3) is 21.5 Å². The van der Waals surface area contributed by atoms with Crippen molar-refractivity contribution in [3.8, 4) is 0 Å². The second-order valence-corrected chi connectivity index (χ2v) is 17.6. The van der Waals surface area contributed by atoms with Crippen LogP contribution in [-0.4, -0.2) is 63.2 Å². The number of rotatable bonds is 17. The molecule has 0 amide bonds. The maximum absolute atomic E-state index is 12.3. The molecule has 0 aromatic heterocycles. The maximum Gasteiger partial charge on any atom is 0.313 e. The van der Waals surface area contributed by atoms with Gasteiger partial charge >= 0.3 is 23.9 Å². The number of unbranched alkanes of at least 4 members (excludes halogenated alkanes) is 1. The highest BCUT2D eigenvalue weighted by Gasteiger charge is 2.31. The average molecular weight is 825 g/mol. The number of carbonyl (C=O) groups is 4. The Balaban J connectivity index is 0.000000421. The van der Waals surface area contributed by atoms with Crippen LogP contribution in [0.5, 0.6) is 0 Å². The first kappa shape index (κ1) is 53.0. The van der Waals surface area contributed by atoms with E-state index >= 15 is 0 Å². The molecule has 0 aliphatic carbocycles. The zero-order valence-corrected chi connectivity index (χ0v) is 39.0. The van der Waals surface area contributed by atoms with Crippen LogP contribution in [0.3, 0.4) is 0 Å². The number of carbonyl (C=O) groups excluding carboxylic acids is 4. The Morgan fingerprint density at radius 2 is 1.08 bits per heavy atom. The lowest BCUT2D eigenvalue weighted by Gasteiger charge is -2.23. The van der Waals surface area contributed by atoms with Gasteiger partial charge in [-0.1, -0.05) is 89.6 Å². The average Bonchev–Trinajstić information content (AvgIpc) is 4.06. The van der Waals surface area contributed by atoms with Gasteiger partial charge in [0.15, 0.2) is 6.29 Å². The normalized spacial score (nSPS) is 14.3. The summed E-state index contributed by atoms with van der Waals surface area (Å²) in [6.07, 6.45) is 4.98. The van der Waals surface area contributed by atoms with Crippen LogP contribution < -0.4 is 0 Å². The van der Waals surface area contributed by atoms with Gasteiger partial charge in [-0.3, -0.25) is 19.2 Å².